The molecule has 106 valence electrons. The summed E-state index contributed by atoms with van der Waals surface area (Å²) in [6, 6.07) is 0. The molecule has 3 N–H and O–H groups in total. The third-order valence-corrected chi connectivity index (χ3v) is 3.98. The monoisotopic (exact) mass is 256 g/mol. The molecule has 1 aliphatic rings. The summed E-state index contributed by atoms with van der Waals surface area (Å²) in [6.07, 6.45) is 6.50. The number of nitrogens with one attached hydrogen (secondary N) is 1. The van der Waals surface area contributed by atoms with Crippen molar-refractivity contribution in [3.63, 3.8) is 0 Å². The number of ether oxygens (including phenoxy) is 1. The fraction of sp³-hybridized carbons (Fsp3) is 0.929. The minimum Gasteiger partial charge on any atom is -0.384 e. The van der Waals surface area contributed by atoms with Crippen LogP contribution in [0.1, 0.15) is 45.4 Å². The van der Waals surface area contributed by atoms with E-state index in [1.54, 1.807) is 7.11 Å². The van der Waals surface area contributed by atoms with Crippen LogP contribution in [0.15, 0.2) is 0 Å². The number of hydrogen-bond acceptors (Lipinski definition) is 3. The Morgan fingerprint density at radius 2 is 2.06 bits per heavy atom. The molecule has 18 heavy (non-hydrogen) atoms. The molecule has 0 aromatic rings. The van der Waals surface area contributed by atoms with Crippen LogP contribution in [0, 0.1) is 11.3 Å². The largest absolute Gasteiger partial charge is 0.384 e. The molecule has 1 aliphatic carbocycles. The summed E-state index contributed by atoms with van der Waals surface area (Å²) < 4.78 is 5.06. The molecule has 0 aromatic carbocycles. The van der Waals surface area contributed by atoms with Crippen molar-refractivity contribution in [1.82, 2.24) is 5.32 Å². The van der Waals surface area contributed by atoms with Gasteiger partial charge in [0.25, 0.3) is 0 Å². The zero-order valence-electron chi connectivity index (χ0n) is 11.8. The van der Waals surface area contributed by atoms with E-state index in [9.17, 15) is 4.79 Å². The van der Waals surface area contributed by atoms with Crippen molar-refractivity contribution in [3.05, 3.63) is 0 Å². The summed E-state index contributed by atoms with van der Waals surface area (Å²) in [6.45, 7) is 4.08. The molecule has 0 heterocycles. The standard InChI is InChI=1S/C14H28N2O2/c1-12(10-18-2)9-16-13(17)8-14(11-15)6-4-3-5-7-14/h12H,3-11,15H2,1-2H3,(H,16,17). The maximum absolute atomic E-state index is 12.0. The van der Waals surface area contributed by atoms with Crippen LogP contribution in [0.3, 0.4) is 0 Å². The number of nitrogens with two attached hydrogens (primary N) is 1. The van der Waals surface area contributed by atoms with E-state index in [-0.39, 0.29) is 11.3 Å². The lowest BCUT2D eigenvalue weighted by atomic mass is 9.71. The molecule has 0 radical (unpaired) electrons. The normalized spacial score (nSPS) is 20.4. The van der Waals surface area contributed by atoms with E-state index in [1.807, 2.05) is 0 Å². The van der Waals surface area contributed by atoms with Crippen molar-refractivity contribution in [1.29, 1.82) is 0 Å². The first-order chi connectivity index (χ1) is 8.62. The van der Waals surface area contributed by atoms with Gasteiger partial charge in [0.2, 0.25) is 5.91 Å². The number of rotatable bonds is 7. The van der Waals surface area contributed by atoms with Gasteiger partial charge in [-0.25, -0.2) is 0 Å². The number of hydrogen-bond donors (Lipinski definition) is 2. The molecule has 4 nitrogen and oxygen atoms in total. The first-order valence-electron chi connectivity index (χ1n) is 7.07. The molecule has 0 aromatic heterocycles. The lowest BCUT2D eigenvalue weighted by Crippen LogP contribution is -2.39. The Bertz CT molecular complexity index is 250. The van der Waals surface area contributed by atoms with Crippen LogP contribution in [-0.4, -0.2) is 32.7 Å². The van der Waals surface area contributed by atoms with Crippen molar-refractivity contribution in [2.75, 3.05) is 26.8 Å². The van der Waals surface area contributed by atoms with Gasteiger partial charge in [-0.05, 0) is 30.7 Å². The molecule has 1 amide bonds. The van der Waals surface area contributed by atoms with Gasteiger partial charge in [-0.3, -0.25) is 4.79 Å². The summed E-state index contributed by atoms with van der Waals surface area (Å²) in [7, 11) is 1.68. The van der Waals surface area contributed by atoms with E-state index in [2.05, 4.69) is 12.2 Å². The van der Waals surface area contributed by atoms with Gasteiger partial charge < -0.3 is 15.8 Å². The number of carbonyl (C=O) groups is 1. The molecule has 4 heteroatoms. The second-order valence-electron chi connectivity index (χ2n) is 5.81. The first kappa shape index (κ1) is 15.4. The van der Waals surface area contributed by atoms with Crippen LogP contribution >= 0.6 is 0 Å². The quantitative estimate of drug-likeness (QED) is 0.728. The minimum absolute atomic E-state index is 0.0623. The van der Waals surface area contributed by atoms with Crippen LogP contribution in [0.25, 0.3) is 0 Å². The Labute approximate surface area is 111 Å². The van der Waals surface area contributed by atoms with Crippen molar-refractivity contribution >= 4 is 5.91 Å². The van der Waals surface area contributed by atoms with Gasteiger partial charge >= 0.3 is 0 Å². The van der Waals surface area contributed by atoms with E-state index >= 15 is 0 Å². The zero-order chi connectivity index (χ0) is 13.4. The SMILES string of the molecule is COCC(C)CNC(=O)CC1(CN)CCCCC1. The van der Waals surface area contributed by atoms with E-state index in [4.69, 9.17) is 10.5 Å². The molecule has 0 saturated heterocycles. The highest BCUT2D eigenvalue weighted by Crippen LogP contribution is 2.38. The Morgan fingerprint density at radius 1 is 1.39 bits per heavy atom. The minimum atomic E-state index is 0.0623. The van der Waals surface area contributed by atoms with Crippen LogP contribution in [0.4, 0.5) is 0 Å². The van der Waals surface area contributed by atoms with E-state index in [0.29, 0.717) is 32.0 Å². The van der Waals surface area contributed by atoms with Crippen LogP contribution in [0.2, 0.25) is 0 Å². The highest BCUT2D eigenvalue weighted by molar-refractivity contribution is 5.76. The van der Waals surface area contributed by atoms with Crippen molar-refractivity contribution in [2.45, 2.75) is 45.4 Å². The summed E-state index contributed by atoms with van der Waals surface area (Å²) >= 11 is 0. The van der Waals surface area contributed by atoms with Crippen LogP contribution < -0.4 is 11.1 Å². The van der Waals surface area contributed by atoms with E-state index in [1.165, 1.54) is 19.3 Å². The summed E-state index contributed by atoms with van der Waals surface area (Å²) in [5.41, 5.74) is 5.95. The molecule has 1 fully saturated rings. The van der Waals surface area contributed by atoms with Crippen molar-refractivity contribution in [2.24, 2.45) is 17.1 Å². The predicted octanol–water partition coefficient (Wildman–Crippen LogP) is 1.68. The molecule has 0 aliphatic heterocycles. The number of amides is 1. The number of carbonyl (C=O) groups excluding carboxylic acids is 1. The third-order valence-electron chi connectivity index (χ3n) is 3.98. The lowest BCUT2D eigenvalue weighted by molar-refractivity contribution is -0.124. The fourth-order valence-electron chi connectivity index (χ4n) is 2.79. The smallest absolute Gasteiger partial charge is 0.220 e. The van der Waals surface area contributed by atoms with Gasteiger partial charge in [-0.15, -0.1) is 0 Å². The predicted molar refractivity (Wildman–Crippen MR) is 73.2 cm³/mol. The molecule has 1 rings (SSSR count). The average molecular weight is 256 g/mol. The maximum Gasteiger partial charge on any atom is 0.220 e. The maximum atomic E-state index is 12.0. The zero-order valence-corrected chi connectivity index (χ0v) is 11.8. The second-order valence-corrected chi connectivity index (χ2v) is 5.81. The Morgan fingerprint density at radius 3 is 2.61 bits per heavy atom. The van der Waals surface area contributed by atoms with Crippen LogP contribution in [-0.2, 0) is 9.53 Å². The Hall–Kier alpha value is -0.610. The fourth-order valence-corrected chi connectivity index (χ4v) is 2.79. The molecular formula is C14H28N2O2. The summed E-state index contributed by atoms with van der Waals surface area (Å²) in [5.74, 6) is 0.504. The van der Waals surface area contributed by atoms with Crippen LogP contribution in [0.5, 0.6) is 0 Å². The first-order valence-corrected chi connectivity index (χ1v) is 7.07. The number of methoxy groups -OCH3 is 1. The highest BCUT2D eigenvalue weighted by Gasteiger charge is 2.32. The summed E-state index contributed by atoms with van der Waals surface area (Å²) in [4.78, 5) is 12.0. The molecule has 1 saturated carbocycles. The lowest BCUT2D eigenvalue weighted by Gasteiger charge is -2.35. The average Bonchev–Trinajstić information content (AvgIpc) is 2.38. The molecule has 0 bridgehead atoms. The van der Waals surface area contributed by atoms with Gasteiger partial charge in [0.15, 0.2) is 0 Å². The Balaban J connectivity index is 2.33. The van der Waals surface area contributed by atoms with Gasteiger partial charge in [0.1, 0.15) is 0 Å². The van der Waals surface area contributed by atoms with Crippen molar-refractivity contribution < 1.29 is 9.53 Å². The second kappa shape index (κ2) is 7.74. The van der Waals surface area contributed by atoms with E-state index < -0.39 is 0 Å². The third kappa shape index (κ3) is 4.94. The van der Waals surface area contributed by atoms with Gasteiger partial charge in [0, 0.05) is 20.1 Å². The summed E-state index contributed by atoms with van der Waals surface area (Å²) in [5, 5.41) is 3.00. The molecule has 1 atom stereocenters. The van der Waals surface area contributed by atoms with Crippen molar-refractivity contribution in [3.8, 4) is 0 Å². The van der Waals surface area contributed by atoms with Gasteiger partial charge in [-0.2, -0.15) is 0 Å². The highest BCUT2D eigenvalue weighted by atomic mass is 16.5. The van der Waals surface area contributed by atoms with Gasteiger partial charge in [-0.1, -0.05) is 26.2 Å². The molecular weight excluding hydrogens is 228 g/mol. The molecule has 0 spiro atoms. The van der Waals surface area contributed by atoms with E-state index in [0.717, 1.165) is 12.8 Å². The molecule has 1 unspecified atom stereocenters. The van der Waals surface area contributed by atoms with Gasteiger partial charge in [0.05, 0.1) is 6.61 Å². The Kier molecular flexibility index (Phi) is 6.65. The topological polar surface area (TPSA) is 64.3 Å².